The summed E-state index contributed by atoms with van der Waals surface area (Å²) in [6, 6.07) is 7.96. The maximum atomic E-state index is 8.82. The predicted molar refractivity (Wildman–Crippen MR) is 60.5 cm³/mol. The summed E-state index contributed by atoms with van der Waals surface area (Å²) in [5, 5.41) is 19.4. The second kappa shape index (κ2) is 6.40. The Labute approximate surface area is 90.1 Å². The lowest BCUT2D eigenvalue weighted by Crippen LogP contribution is -2.35. The smallest absolute Gasteiger partial charge is 0.0576 e. The Morgan fingerprint density at radius 2 is 1.60 bits per heavy atom. The molecule has 0 spiro atoms. The molecule has 0 radical (unpaired) electrons. The summed E-state index contributed by atoms with van der Waals surface area (Å²) in [4.78, 5) is 0. The first-order valence-corrected chi connectivity index (χ1v) is 5.06. The van der Waals surface area contributed by atoms with Gasteiger partial charge in [0.1, 0.15) is 0 Å². The van der Waals surface area contributed by atoms with Gasteiger partial charge in [-0.25, -0.2) is 5.01 Å². The van der Waals surface area contributed by atoms with Gasteiger partial charge in [-0.2, -0.15) is 0 Å². The van der Waals surface area contributed by atoms with E-state index in [2.05, 4.69) is 5.43 Å². The van der Waals surface area contributed by atoms with E-state index in [4.69, 9.17) is 10.2 Å². The molecule has 0 saturated carbocycles. The third kappa shape index (κ3) is 4.29. The fourth-order valence-corrected chi connectivity index (χ4v) is 1.28. The van der Waals surface area contributed by atoms with Gasteiger partial charge in [0.15, 0.2) is 0 Å². The summed E-state index contributed by atoms with van der Waals surface area (Å²) in [6.45, 7) is 3.16. The van der Waals surface area contributed by atoms with E-state index in [1.165, 1.54) is 5.56 Å². The number of benzene rings is 1. The highest BCUT2D eigenvalue weighted by Crippen LogP contribution is 2.09. The van der Waals surface area contributed by atoms with Crippen LogP contribution in [0.4, 0.5) is 5.69 Å². The zero-order valence-corrected chi connectivity index (χ0v) is 8.98. The summed E-state index contributed by atoms with van der Waals surface area (Å²) in [5.74, 6) is 0. The Kier molecular flexibility index (Phi) is 5.10. The molecule has 0 bridgehead atoms. The van der Waals surface area contributed by atoms with Crippen molar-refractivity contribution in [3.05, 3.63) is 29.8 Å². The summed E-state index contributed by atoms with van der Waals surface area (Å²) >= 11 is 0. The van der Waals surface area contributed by atoms with Crippen molar-refractivity contribution in [1.29, 1.82) is 0 Å². The summed E-state index contributed by atoms with van der Waals surface area (Å²) < 4.78 is 0. The summed E-state index contributed by atoms with van der Waals surface area (Å²) in [7, 11) is 0. The third-order valence-electron chi connectivity index (χ3n) is 2.08. The first-order chi connectivity index (χ1) is 7.26. The highest BCUT2D eigenvalue weighted by Gasteiger charge is 2.02. The molecule has 0 aliphatic heterocycles. The van der Waals surface area contributed by atoms with Gasteiger partial charge >= 0.3 is 0 Å². The molecule has 0 saturated heterocycles. The molecule has 15 heavy (non-hydrogen) atoms. The van der Waals surface area contributed by atoms with Gasteiger partial charge in [-0.15, -0.1) is 0 Å². The normalized spacial score (nSPS) is 10.7. The number of hydrogen-bond acceptors (Lipinski definition) is 4. The third-order valence-corrected chi connectivity index (χ3v) is 2.08. The van der Waals surface area contributed by atoms with Crippen LogP contribution < -0.4 is 5.43 Å². The van der Waals surface area contributed by atoms with Gasteiger partial charge in [-0.3, -0.25) is 0 Å². The van der Waals surface area contributed by atoms with E-state index in [-0.39, 0.29) is 13.2 Å². The highest BCUT2D eigenvalue weighted by atomic mass is 16.3. The molecule has 1 rings (SSSR count). The molecule has 0 fully saturated rings. The van der Waals surface area contributed by atoms with E-state index in [9.17, 15) is 0 Å². The molecule has 4 heteroatoms. The van der Waals surface area contributed by atoms with E-state index in [0.717, 1.165) is 5.69 Å². The summed E-state index contributed by atoms with van der Waals surface area (Å²) in [6.07, 6.45) is 0. The number of rotatable bonds is 6. The minimum Gasteiger partial charge on any atom is -0.395 e. The molecule has 0 aromatic heterocycles. The number of hydrazine groups is 1. The van der Waals surface area contributed by atoms with Crippen LogP contribution in [0.2, 0.25) is 0 Å². The van der Waals surface area contributed by atoms with Gasteiger partial charge in [0.2, 0.25) is 0 Å². The molecule has 1 aromatic rings. The number of hydrogen-bond donors (Lipinski definition) is 3. The number of aliphatic hydroxyl groups excluding tert-OH is 2. The molecule has 0 atom stereocenters. The lowest BCUT2D eigenvalue weighted by molar-refractivity contribution is 0.183. The van der Waals surface area contributed by atoms with Crippen LogP contribution in [0.1, 0.15) is 5.56 Å². The predicted octanol–water partition coefficient (Wildman–Crippen LogP) is 0.609. The van der Waals surface area contributed by atoms with E-state index in [1.54, 1.807) is 5.01 Å². The fraction of sp³-hybridized carbons (Fsp3) is 0.455. The Balaban J connectivity index is 2.53. The topological polar surface area (TPSA) is 55.7 Å². The molecule has 84 valence electrons. The van der Waals surface area contributed by atoms with Crippen LogP contribution in [0.3, 0.4) is 0 Å². The molecule has 0 aliphatic rings. The van der Waals surface area contributed by atoms with Gasteiger partial charge < -0.3 is 15.6 Å². The number of nitrogens with one attached hydrogen (secondary N) is 1. The molecule has 0 unspecified atom stereocenters. The van der Waals surface area contributed by atoms with Crippen LogP contribution in [0.25, 0.3) is 0 Å². The fourth-order valence-electron chi connectivity index (χ4n) is 1.28. The molecule has 1 aromatic carbocycles. The Morgan fingerprint density at radius 3 is 2.07 bits per heavy atom. The molecule has 0 aliphatic carbocycles. The molecule has 0 heterocycles. The SMILES string of the molecule is Cc1ccc(NN(CCO)CCO)cc1. The standard InChI is InChI=1S/C11H18N2O2/c1-10-2-4-11(5-3-10)12-13(6-8-14)7-9-15/h2-5,12,14-15H,6-9H2,1H3. The lowest BCUT2D eigenvalue weighted by Gasteiger charge is -2.22. The largest absolute Gasteiger partial charge is 0.395 e. The Morgan fingerprint density at radius 1 is 1.07 bits per heavy atom. The van der Waals surface area contributed by atoms with Crippen molar-refractivity contribution in [2.24, 2.45) is 0 Å². The van der Waals surface area contributed by atoms with Crippen LogP contribution in [-0.2, 0) is 0 Å². The first kappa shape index (κ1) is 12.0. The Hall–Kier alpha value is -1.10. The quantitative estimate of drug-likeness (QED) is 0.602. The lowest BCUT2D eigenvalue weighted by atomic mass is 10.2. The van der Waals surface area contributed by atoms with Gasteiger partial charge in [0.25, 0.3) is 0 Å². The summed E-state index contributed by atoms with van der Waals surface area (Å²) in [5.41, 5.74) is 5.29. The zero-order chi connectivity index (χ0) is 11.1. The van der Waals surface area contributed by atoms with E-state index < -0.39 is 0 Å². The number of aryl methyl sites for hydroxylation is 1. The van der Waals surface area contributed by atoms with E-state index in [1.807, 2.05) is 31.2 Å². The van der Waals surface area contributed by atoms with E-state index >= 15 is 0 Å². The maximum Gasteiger partial charge on any atom is 0.0576 e. The second-order valence-corrected chi connectivity index (χ2v) is 3.41. The van der Waals surface area contributed by atoms with Crippen molar-refractivity contribution in [2.75, 3.05) is 31.7 Å². The van der Waals surface area contributed by atoms with Crippen LogP contribution in [0, 0.1) is 6.92 Å². The minimum atomic E-state index is 0.0683. The van der Waals surface area contributed by atoms with Crippen molar-refractivity contribution < 1.29 is 10.2 Å². The molecular weight excluding hydrogens is 192 g/mol. The highest BCUT2D eigenvalue weighted by molar-refractivity contribution is 5.43. The molecule has 3 N–H and O–H groups in total. The number of aliphatic hydroxyl groups is 2. The molecule has 0 amide bonds. The number of anilines is 1. The average Bonchev–Trinajstić information content (AvgIpc) is 2.22. The van der Waals surface area contributed by atoms with Gasteiger partial charge in [-0.1, -0.05) is 17.7 Å². The van der Waals surface area contributed by atoms with E-state index in [0.29, 0.717) is 13.1 Å². The Bertz CT molecular complexity index is 268. The van der Waals surface area contributed by atoms with Crippen molar-refractivity contribution in [3.8, 4) is 0 Å². The van der Waals surface area contributed by atoms with Crippen LogP contribution in [-0.4, -0.2) is 41.5 Å². The second-order valence-electron chi connectivity index (χ2n) is 3.41. The number of nitrogens with zero attached hydrogens (tertiary/aromatic N) is 1. The molecule has 4 nitrogen and oxygen atoms in total. The first-order valence-electron chi connectivity index (χ1n) is 5.06. The van der Waals surface area contributed by atoms with Crippen molar-refractivity contribution in [2.45, 2.75) is 6.92 Å². The van der Waals surface area contributed by atoms with Crippen molar-refractivity contribution in [1.82, 2.24) is 5.01 Å². The van der Waals surface area contributed by atoms with Gasteiger partial charge in [0, 0.05) is 18.8 Å². The zero-order valence-electron chi connectivity index (χ0n) is 8.98. The minimum absolute atomic E-state index is 0.0683. The maximum absolute atomic E-state index is 8.82. The average molecular weight is 210 g/mol. The molecular formula is C11H18N2O2. The van der Waals surface area contributed by atoms with Crippen LogP contribution in [0.5, 0.6) is 0 Å². The van der Waals surface area contributed by atoms with Gasteiger partial charge in [0.05, 0.1) is 13.2 Å². The van der Waals surface area contributed by atoms with Crippen molar-refractivity contribution >= 4 is 5.69 Å². The van der Waals surface area contributed by atoms with Crippen LogP contribution in [0.15, 0.2) is 24.3 Å². The van der Waals surface area contributed by atoms with Crippen molar-refractivity contribution in [3.63, 3.8) is 0 Å². The monoisotopic (exact) mass is 210 g/mol. The van der Waals surface area contributed by atoms with Crippen LogP contribution >= 0.6 is 0 Å². The van der Waals surface area contributed by atoms with Gasteiger partial charge in [-0.05, 0) is 19.1 Å².